The molecule has 1 unspecified atom stereocenters. The molecule has 2 aromatic heterocycles. The standard InChI is InChI=1S/C27H31F3N4O2S/c1-17(27(28,29)30)36-26-33-23-16-34(15-12-24(23)37-26)14-11-18-7-9-19(10-8-18)32-25(35)21-4-2-6-22-20(21)5-3-13-31-22/h2-6,13,17-19H,7-12,14-16H2,1H3,(H,32,35)/t17?,18-,19-. The molecule has 5 rings (SSSR count). The van der Waals surface area contributed by atoms with Gasteiger partial charge in [-0.1, -0.05) is 23.5 Å². The van der Waals surface area contributed by atoms with Gasteiger partial charge >= 0.3 is 6.18 Å². The molecule has 1 N–H and O–H groups in total. The molecule has 1 amide bonds. The molecule has 10 heteroatoms. The molecule has 1 aliphatic heterocycles. The second-order valence-corrected chi connectivity index (χ2v) is 11.1. The van der Waals surface area contributed by atoms with Crippen LogP contribution in [0, 0.1) is 5.92 Å². The summed E-state index contributed by atoms with van der Waals surface area (Å²) >= 11 is 1.23. The number of alkyl halides is 3. The van der Waals surface area contributed by atoms with Crippen molar-refractivity contribution in [1.29, 1.82) is 0 Å². The zero-order chi connectivity index (χ0) is 26.0. The van der Waals surface area contributed by atoms with Crippen molar-refractivity contribution in [2.45, 2.75) is 70.3 Å². The van der Waals surface area contributed by atoms with E-state index >= 15 is 0 Å². The zero-order valence-corrected chi connectivity index (χ0v) is 21.6. The van der Waals surface area contributed by atoms with E-state index in [9.17, 15) is 18.0 Å². The third-order valence-corrected chi connectivity index (χ3v) is 8.50. The van der Waals surface area contributed by atoms with Gasteiger partial charge in [0.1, 0.15) is 0 Å². The van der Waals surface area contributed by atoms with E-state index in [4.69, 9.17) is 4.74 Å². The van der Waals surface area contributed by atoms with Crippen LogP contribution in [0.5, 0.6) is 5.19 Å². The fraction of sp³-hybridized carbons (Fsp3) is 0.519. The molecule has 0 radical (unpaired) electrons. The van der Waals surface area contributed by atoms with E-state index in [1.807, 2.05) is 30.3 Å². The highest BCUT2D eigenvalue weighted by Gasteiger charge is 2.39. The minimum atomic E-state index is -4.40. The first-order valence-corrected chi connectivity index (χ1v) is 13.7. The van der Waals surface area contributed by atoms with Crippen LogP contribution in [0.1, 0.15) is 60.0 Å². The number of carbonyl (C=O) groups is 1. The Labute approximate surface area is 218 Å². The molecule has 1 saturated carbocycles. The first-order chi connectivity index (χ1) is 17.8. The van der Waals surface area contributed by atoms with Gasteiger partial charge in [-0.15, -0.1) is 0 Å². The van der Waals surface area contributed by atoms with Gasteiger partial charge in [0.2, 0.25) is 0 Å². The quantitative estimate of drug-likeness (QED) is 0.419. The summed E-state index contributed by atoms with van der Waals surface area (Å²) in [5, 5.41) is 4.20. The Morgan fingerprint density at radius 2 is 2.03 bits per heavy atom. The number of fused-ring (bicyclic) bond motifs is 2. The first-order valence-electron chi connectivity index (χ1n) is 12.8. The van der Waals surface area contributed by atoms with Crippen molar-refractivity contribution in [2.24, 2.45) is 5.92 Å². The van der Waals surface area contributed by atoms with Gasteiger partial charge < -0.3 is 10.1 Å². The number of ether oxygens (including phenoxy) is 1. The summed E-state index contributed by atoms with van der Waals surface area (Å²) in [5.41, 5.74) is 2.33. The summed E-state index contributed by atoms with van der Waals surface area (Å²) in [7, 11) is 0. The number of rotatable bonds is 7. The molecule has 6 nitrogen and oxygen atoms in total. The SMILES string of the molecule is CC(Oc1nc2c(s1)CCN(CC[C@H]1CC[C@H](NC(=O)c3cccc4ncccc34)CC1)C2)C(F)(F)F. The second-order valence-electron chi connectivity index (χ2n) is 10.0. The lowest BCUT2D eigenvalue weighted by Crippen LogP contribution is -2.38. The molecule has 0 saturated heterocycles. The van der Waals surface area contributed by atoms with Crippen LogP contribution in [0.3, 0.4) is 0 Å². The second kappa shape index (κ2) is 10.9. The van der Waals surface area contributed by atoms with Crippen LogP contribution in [0.4, 0.5) is 13.2 Å². The van der Waals surface area contributed by atoms with Crippen molar-refractivity contribution in [3.8, 4) is 5.19 Å². The van der Waals surface area contributed by atoms with Crippen LogP contribution >= 0.6 is 11.3 Å². The Morgan fingerprint density at radius 1 is 1.22 bits per heavy atom. The van der Waals surface area contributed by atoms with Crippen LogP contribution in [-0.4, -0.2) is 52.2 Å². The Kier molecular flexibility index (Phi) is 7.67. The third-order valence-electron chi connectivity index (χ3n) is 7.45. The normalized spacial score (nSPS) is 21.4. The molecule has 2 aliphatic rings. The summed E-state index contributed by atoms with van der Waals surface area (Å²) in [6.07, 6.45) is 1.42. The largest absolute Gasteiger partial charge is 0.457 e. The van der Waals surface area contributed by atoms with Crippen LogP contribution in [0.2, 0.25) is 0 Å². The van der Waals surface area contributed by atoms with Gasteiger partial charge in [0.15, 0.2) is 6.10 Å². The highest BCUT2D eigenvalue weighted by atomic mass is 32.1. The molecule has 37 heavy (non-hydrogen) atoms. The van der Waals surface area contributed by atoms with Gasteiger partial charge in [0, 0.05) is 41.2 Å². The molecule has 1 aromatic carbocycles. The van der Waals surface area contributed by atoms with Gasteiger partial charge in [-0.3, -0.25) is 14.7 Å². The molecule has 3 aromatic rings. The van der Waals surface area contributed by atoms with Crippen molar-refractivity contribution in [3.05, 3.63) is 52.7 Å². The minimum Gasteiger partial charge on any atom is -0.457 e. The van der Waals surface area contributed by atoms with E-state index in [-0.39, 0.29) is 17.1 Å². The van der Waals surface area contributed by atoms with Crippen LogP contribution in [0.15, 0.2) is 36.5 Å². The van der Waals surface area contributed by atoms with Gasteiger partial charge in [-0.25, -0.2) is 4.98 Å². The maximum absolute atomic E-state index is 12.9. The van der Waals surface area contributed by atoms with E-state index in [2.05, 4.69) is 20.2 Å². The number of nitrogens with one attached hydrogen (secondary N) is 1. The van der Waals surface area contributed by atoms with Crippen molar-refractivity contribution >= 4 is 28.1 Å². The fourth-order valence-electron chi connectivity index (χ4n) is 5.21. The van der Waals surface area contributed by atoms with E-state index in [1.165, 1.54) is 11.3 Å². The Balaban J connectivity index is 1.07. The predicted molar refractivity (Wildman–Crippen MR) is 137 cm³/mol. The average molecular weight is 533 g/mol. The fourth-order valence-corrected chi connectivity index (χ4v) is 6.19. The van der Waals surface area contributed by atoms with Crippen molar-refractivity contribution in [2.75, 3.05) is 13.1 Å². The van der Waals surface area contributed by atoms with E-state index < -0.39 is 12.3 Å². The minimum absolute atomic E-state index is 0.0394. The van der Waals surface area contributed by atoms with Crippen molar-refractivity contribution in [1.82, 2.24) is 20.2 Å². The molecule has 198 valence electrons. The molecule has 0 bridgehead atoms. The number of nitrogens with zero attached hydrogens (tertiary/aromatic N) is 3. The van der Waals surface area contributed by atoms with E-state index in [0.29, 0.717) is 18.0 Å². The number of halogens is 3. The predicted octanol–water partition coefficient (Wildman–Crippen LogP) is 5.76. The number of aromatic nitrogens is 2. The highest BCUT2D eigenvalue weighted by molar-refractivity contribution is 7.13. The summed E-state index contributed by atoms with van der Waals surface area (Å²) in [4.78, 5) is 25.0. The zero-order valence-electron chi connectivity index (χ0n) is 20.8. The molecular formula is C27H31F3N4O2S. The Morgan fingerprint density at radius 3 is 2.81 bits per heavy atom. The summed E-state index contributed by atoms with van der Waals surface area (Å²) in [5.74, 6) is 0.570. The van der Waals surface area contributed by atoms with Crippen molar-refractivity contribution in [3.63, 3.8) is 0 Å². The summed E-state index contributed by atoms with van der Waals surface area (Å²) in [6, 6.07) is 9.59. The molecule has 1 atom stereocenters. The summed E-state index contributed by atoms with van der Waals surface area (Å²) in [6.45, 7) is 3.49. The lowest BCUT2D eigenvalue weighted by atomic mass is 9.84. The smallest absolute Gasteiger partial charge is 0.425 e. The number of thiazole rings is 1. The number of carbonyl (C=O) groups excluding carboxylic acids is 1. The summed E-state index contributed by atoms with van der Waals surface area (Å²) < 4.78 is 43.4. The van der Waals surface area contributed by atoms with Crippen LogP contribution in [0.25, 0.3) is 10.9 Å². The molecule has 0 spiro atoms. The maximum Gasteiger partial charge on any atom is 0.425 e. The number of benzene rings is 1. The van der Waals surface area contributed by atoms with Gasteiger partial charge in [-0.2, -0.15) is 13.2 Å². The van der Waals surface area contributed by atoms with E-state index in [1.54, 1.807) is 6.20 Å². The molecular weight excluding hydrogens is 501 g/mol. The monoisotopic (exact) mass is 532 g/mol. The lowest BCUT2D eigenvalue weighted by molar-refractivity contribution is -0.189. The average Bonchev–Trinajstić information content (AvgIpc) is 3.29. The Bertz CT molecular complexity index is 1230. The lowest BCUT2D eigenvalue weighted by Gasteiger charge is -2.32. The Hall–Kier alpha value is -2.72. The molecule has 1 aliphatic carbocycles. The third kappa shape index (κ3) is 6.23. The number of amides is 1. The highest BCUT2D eigenvalue weighted by Crippen LogP contribution is 2.34. The number of hydrogen-bond donors (Lipinski definition) is 1. The number of pyridine rings is 1. The van der Waals surface area contributed by atoms with Gasteiger partial charge in [0.05, 0.1) is 11.2 Å². The molecule has 1 fully saturated rings. The maximum atomic E-state index is 12.9. The van der Waals surface area contributed by atoms with Gasteiger partial charge in [0.25, 0.3) is 11.1 Å². The van der Waals surface area contributed by atoms with Crippen LogP contribution in [-0.2, 0) is 13.0 Å². The first kappa shape index (κ1) is 25.9. The van der Waals surface area contributed by atoms with Crippen LogP contribution < -0.4 is 10.1 Å². The van der Waals surface area contributed by atoms with Crippen molar-refractivity contribution < 1.29 is 22.7 Å². The topological polar surface area (TPSA) is 67.3 Å². The molecule has 3 heterocycles. The van der Waals surface area contributed by atoms with E-state index in [0.717, 1.165) is 80.0 Å². The van der Waals surface area contributed by atoms with Gasteiger partial charge in [-0.05, 0) is 76.1 Å². The number of hydrogen-bond acceptors (Lipinski definition) is 6.